The lowest BCUT2D eigenvalue weighted by atomic mass is 10.1. The molecule has 0 saturated carbocycles. The Hall–Kier alpha value is -2.58. The number of ether oxygens (including phenoxy) is 2. The van der Waals surface area contributed by atoms with Crippen LogP contribution < -0.4 is 23.1 Å². The van der Waals surface area contributed by atoms with Gasteiger partial charge in [0.15, 0.2) is 24.2 Å². The topological polar surface area (TPSA) is 108 Å². The summed E-state index contributed by atoms with van der Waals surface area (Å²) in [6.07, 6.45) is 17.4. The summed E-state index contributed by atoms with van der Waals surface area (Å²) in [5, 5.41) is 0. The molecule has 1 unspecified atom stereocenters. The molecule has 3 rings (SSSR count). The van der Waals surface area contributed by atoms with Crippen molar-refractivity contribution in [2.24, 2.45) is 0 Å². The van der Waals surface area contributed by atoms with E-state index in [-0.39, 0.29) is 22.7 Å². The number of aryl methyl sites for hydroxylation is 1. The molecular weight excluding hydrogens is 573 g/mol. The molecule has 0 radical (unpaired) electrons. The molecule has 0 amide bonds. The van der Waals surface area contributed by atoms with Crippen molar-refractivity contribution in [3.8, 4) is 23.0 Å². The largest absolute Gasteiger partial charge is 0.870 e. The molecule has 234 valence electrons. The first-order chi connectivity index (χ1) is 19.9. The van der Waals surface area contributed by atoms with Crippen LogP contribution in [0.1, 0.15) is 94.4 Å². The van der Waals surface area contributed by atoms with E-state index in [4.69, 9.17) is 18.5 Å². The van der Waals surface area contributed by atoms with Gasteiger partial charge in [0.25, 0.3) is 0 Å². The zero-order chi connectivity index (χ0) is 29.3. The second-order valence-electron chi connectivity index (χ2n) is 10.5. The second-order valence-corrected chi connectivity index (χ2v) is 12.9. The summed E-state index contributed by atoms with van der Waals surface area (Å²) in [6.45, 7) is 5.48. The number of aromatic nitrogens is 1. The van der Waals surface area contributed by atoms with Crippen molar-refractivity contribution in [2.75, 3.05) is 13.7 Å². The number of methoxy groups -OCH3 is 1. The molecule has 0 bridgehead atoms. The van der Waals surface area contributed by atoms with Crippen LogP contribution in [0.25, 0.3) is 0 Å². The number of hydrogen-bond donors (Lipinski definition) is 1. The molecule has 2 N–H and O–H groups in total. The van der Waals surface area contributed by atoms with Crippen molar-refractivity contribution >= 4 is 19.2 Å². The van der Waals surface area contributed by atoms with E-state index in [0.717, 1.165) is 18.4 Å². The first-order valence-electron chi connectivity index (χ1n) is 14.9. The van der Waals surface area contributed by atoms with E-state index in [2.05, 4.69) is 17.7 Å². The van der Waals surface area contributed by atoms with Crippen molar-refractivity contribution in [1.29, 1.82) is 0 Å². The summed E-state index contributed by atoms with van der Waals surface area (Å²) in [4.78, 5) is 11.7. The number of nitrogens with zero attached hydrogens (tertiary/aromatic N) is 1. The van der Waals surface area contributed by atoms with Crippen LogP contribution in [0.3, 0.4) is 0 Å². The Labute approximate surface area is 255 Å². The van der Waals surface area contributed by atoms with Crippen LogP contribution in [0.2, 0.25) is 0 Å². The minimum Gasteiger partial charge on any atom is -0.870 e. The highest BCUT2D eigenvalue weighted by Crippen LogP contribution is 2.49. The van der Waals surface area contributed by atoms with Crippen molar-refractivity contribution in [1.82, 2.24) is 0 Å². The summed E-state index contributed by atoms with van der Waals surface area (Å²) in [5.74, 6) is 1.07. The van der Waals surface area contributed by atoms with Crippen LogP contribution in [0.15, 0.2) is 54.2 Å². The van der Waals surface area contributed by atoms with Gasteiger partial charge < -0.3 is 24.0 Å². The van der Waals surface area contributed by atoms with Crippen molar-refractivity contribution in [3.63, 3.8) is 0 Å². The fraction of sp³-hybridized carbons (Fsp3) is 0.531. The Morgan fingerprint density at radius 3 is 2.10 bits per heavy atom. The molecule has 10 heteroatoms. The third kappa shape index (κ3) is 13.2. The molecule has 0 aliphatic carbocycles. The minimum absolute atomic E-state index is 0. The quantitative estimate of drug-likeness (QED) is 0.0719. The molecule has 0 saturated heterocycles. The van der Waals surface area contributed by atoms with Gasteiger partial charge >= 0.3 is 7.82 Å². The highest BCUT2D eigenvalue weighted by atomic mass is 32.1. The minimum atomic E-state index is -4.49. The Balaban J connectivity index is 0.00000616. The van der Waals surface area contributed by atoms with Gasteiger partial charge in [-0.15, -0.1) is 0 Å². The fourth-order valence-corrected chi connectivity index (χ4v) is 6.17. The number of thiazole rings is 1. The molecule has 3 aromatic rings. The predicted molar refractivity (Wildman–Crippen MR) is 167 cm³/mol. The monoisotopic (exact) mass is 621 g/mol. The molecule has 0 spiro atoms. The first kappa shape index (κ1) is 35.6. The summed E-state index contributed by atoms with van der Waals surface area (Å²) < 4.78 is 37.2. The van der Waals surface area contributed by atoms with E-state index in [1.165, 1.54) is 76.2 Å². The summed E-state index contributed by atoms with van der Waals surface area (Å²) in [6, 6.07) is 12.1. The third-order valence-corrected chi connectivity index (χ3v) is 8.54. The average molecular weight is 622 g/mol. The highest BCUT2D eigenvalue weighted by molar-refractivity contribution is 7.48. The number of unbranched alkanes of at least 4 members (excludes halogenated alkanes) is 11. The highest BCUT2D eigenvalue weighted by Gasteiger charge is 2.28. The Bertz CT molecular complexity index is 1220. The van der Waals surface area contributed by atoms with Crippen LogP contribution in [-0.2, 0) is 11.1 Å². The van der Waals surface area contributed by atoms with E-state index in [0.29, 0.717) is 18.9 Å². The first-order valence-corrected chi connectivity index (χ1v) is 17.3. The number of rotatable bonds is 21. The van der Waals surface area contributed by atoms with E-state index in [1.807, 2.05) is 18.5 Å². The van der Waals surface area contributed by atoms with Crippen LogP contribution >= 0.6 is 19.2 Å². The number of benzene rings is 2. The van der Waals surface area contributed by atoms with Crippen molar-refractivity contribution in [2.45, 2.75) is 97.4 Å². The molecule has 0 aliphatic rings. The Kier molecular flexibility index (Phi) is 16.6. The van der Waals surface area contributed by atoms with Gasteiger partial charge in [-0.1, -0.05) is 107 Å². The molecule has 0 aliphatic heterocycles. The summed E-state index contributed by atoms with van der Waals surface area (Å²) in [5.41, 5.74) is 2.97. The predicted octanol–water partition coefficient (Wildman–Crippen LogP) is 8.86. The third-order valence-electron chi connectivity index (χ3n) is 6.82. The summed E-state index contributed by atoms with van der Waals surface area (Å²) in [7, 11) is -3.01. The van der Waals surface area contributed by atoms with Gasteiger partial charge in [0.1, 0.15) is 5.75 Å². The van der Waals surface area contributed by atoms with Crippen LogP contribution in [0.5, 0.6) is 23.0 Å². The standard InChI is InChI=1S/C32H46NO6PS.H2O/c1-4-5-6-7-8-9-10-11-12-13-14-15-22-37-30-20-17-21-31(32(30)36-3)39-40(34,35)38-29-19-16-18-28(23-29)25-33-24-27(2)41-26-33;/h16-21,23-24,26H,4-15,22,25H2,1-3H3;1H2. The lowest BCUT2D eigenvalue weighted by Gasteiger charge is -2.18. The molecule has 2 aromatic carbocycles. The van der Waals surface area contributed by atoms with E-state index >= 15 is 0 Å². The molecular formula is C32H48NO7PS. The maximum atomic E-state index is 12.9. The van der Waals surface area contributed by atoms with Gasteiger partial charge in [0.05, 0.1) is 18.6 Å². The maximum Gasteiger partial charge on any atom is 0.585 e. The van der Waals surface area contributed by atoms with Gasteiger partial charge in [0.2, 0.25) is 11.3 Å². The van der Waals surface area contributed by atoms with E-state index in [1.54, 1.807) is 47.7 Å². The van der Waals surface area contributed by atoms with Gasteiger partial charge in [-0.25, -0.2) is 4.57 Å². The molecule has 1 aromatic heterocycles. The Morgan fingerprint density at radius 1 is 0.857 bits per heavy atom. The van der Waals surface area contributed by atoms with Crippen molar-refractivity contribution in [3.05, 3.63) is 64.6 Å². The SMILES string of the molecule is CCCCCCCCCCCCCCOc1cccc(OP(=O)(O)Oc2cccc(C[n+]3csc(C)c3)c2)c1OC.[OH-]. The van der Waals surface area contributed by atoms with E-state index < -0.39 is 7.82 Å². The average Bonchev–Trinajstić information content (AvgIpc) is 3.35. The zero-order valence-electron chi connectivity index (χ0n) is 25.3. The fourth-order valence-electron chi connectivity index (χ4n) is 4.72. The normalized spacial score (nSPS) is 12.3. The van der Waals surface area contributed by atoms with Gasteiger partial charge in [-0.2, -0.15) is 4.57 Å². The van der Waals surface area contributed by atoms with Crippen LogP contribution in [-0.4, -0.2) is 24.1 Å². The van der Waals surface area contributed by atoms with Crippen molar-refractivity contribution < 1.29 is 38.0 Å². The molecule has 0 fully saturated rings. The molecule has 42 heavy (non-hydrogen) atoms. The second kappa shape index (κ2) is 19.6. The lowest BCUT2D eigenvalue weighted by Crippen LogP contribution is -2.30. The van der Waals surface area contributed by atoms with Gasteiger partial charge in [0, 0.05) is 5.56 Å². The number of phosphoric acid groups is 1. The molecule has 1 atom stereocenters. The van der Waals surface area contributed by atoms with Crippen LogP contribution in [0, 0.1) is 6.92 Å². The van der Waals surface area contributed by atoms with Gasteiger partial charge in [-0.3, -0.25) is 4.89 Å². The number of hydrogen-bond acceptors (Lipinski definition) is 7. The van der Waals surface area contributed by atoms with E-state index in [9.17, 15) is 9.46 Å². The maximum absolute atomic E-state index is 12.9. The van der Waals surface area contributed by atoms with Gasteiger partial charge in [-0.05, 0) is 37.6 Å². The smallest absolute Gasteiger partial charge is 0.585 e. The summed E-state index contributed by atoms with van der Waals surface area (Å²) >= 11 is 1.66. The Morgan fingerprint density at radius 2 is 1.48 bits per heavy atom. The number of phosphoric ester groups is 1. The zero-order valence-corrected chi connectivity index (χ0v) is 27.0. The molecule has 8 nitrogen and oxygen atoms in total. The number of para-hydroxylation sites is 1. The van der Waals surface area contributed by atoms with Crippen LogP contribution in [0.4, 0.5) is 0 Å². The lowest BCUT2D eigenvalue weighted by molar-refractivity contribution is -0.683. The molecule has 1 heterocycles.